The second-order valence-electron chi connectivity index (χ2n) is 6.17. The lowest BCUT2D eigenvalue weighted by molar-refractivity contribution is -0.122. The second-order valence-corrected chi connectivity index (χ2v) is 7.43. The maximum Gasteiger partial charge on any atom is 0.262 e. The Kier molecular flexibility index (Phi) is 9.38. The zero-order chi connectivity index (χ0) is 22.8. The molecule has 2 amide bonds. The number of hydrogen-bond donors (Lipinski definition) is 2. The van der Waals surface area contributed by atoms with Crippen LogP contribution >= 0.6 is 27.5 Å². The highest BCUT2D eigenvalue weighted by molar-refractivity contribution is 9.10. The molecule has 0 aliphatic rings. The van der Waals surface area contributed by atoms with Crippen LogP contribution in [0, 0.1) is 12.3 Å². The Hall–Kier alpha value is -3.02. The third kappa shape index (κ3) is 7.02. The molecular weight excluding hydrogens is 486 g/mol. The van der Waals surface area contributed by atoms with Crippen LogP contribution in [0.4, 0.5) is 0 Å². The fourth-order valence-corrected chi connectivity index (χ4v) is 3.17. The Balaban J connectivity index is 2.02. The van der Waals surface area contributed by atoms with Gasteiger partial charge >= 0.3 is 0 Å². The average molecular weight is 507 g/mol. The van der Waals surface area contributed by atoms with E-state index in [0.29, 0.717) is 38.7 Å². The lowest BCUT2D eigenvalue weighted by Gasteiger charge is -2.13. The Morgan fingerprint density at radius 3 is 2.74 bits per heavy atom. The van der Waals surface area contributed by atoms with Gasteiger partial charge in [0.15, 0.2) is 11.5 Å². The zero-order valence-corrected chi connectivity index (χ0v) is 19.3. The van der Waals surface area contributed by atoms with Crippen LogP contribution in [0.2, 0.25) is 5.02 Å². The summed E-state index contributed by atoms with van der Waals surface area (Å²) in [5.41, 5.74) is 3.39. The van der Waals surface area contributed by atoms with E-state index in [1.807, 2.05) is 6.92 Å². The number of ether oxygens (including phenoxy) is 2. The summed E-state index contributed by atoms with van der Waals surface area (Å²) in [6.45, 7) is 3.83. The monoisotopic (exact) mass is 505 g/mol. The smallest absolute Gasteiger partial charge is 0.262 e. The van der Waals surface area contributed by atoms with E-state index in [4.69, 9.17) is 27.5 Å². The van der Waals surface area contributed by atoms with Gasteiger partial charge in [-0.1, -0.05) is 29.7 Å². The lowest BCUT2D eigenvalue weighted by atomic mass is 10.2. The van der Waals surface area contributed by atoms with E-state index in [2.05, 4.69) is 37.7 Å². The predicted molar refractivity (Wildman–Crippen MR) is 124 cm³/mol. The van der Waals surface area contributed by atoms with Gasteiger partial charge in [-0.2, -0.15) is 5.10 Å². The van der Waals surface area contributed by atoms with Gasteiger partial charge in [-0.25, -0.2) is 5.43 Å². The fourth-order valence-electron chi connectivity index (χ4n) is 2.43. The number of halogens is 2. The van der Waals surface area contributed by atoms with E-state index in [1.54, 1.807) is 43.3 Å². The summed E-state index contributed by atoms with van der Waals surface area (Å²) in [4.78, 5) is 24.6. The Morgan fingerprint density at radius 2 is 2.06 bits per heavy atom. The van der Waals surface area contributed by atoms with Crippen LogP contribution in [0.3, 0.4) is 0 Å². The SMILES string of the molecule is C#CCOc1c(Cl)cc(C=NNC(=O)C(C)NC(=O)c2ccccc2Br)cc1OCC. The summed E-state index contributed by atoms with van der Waals surface area (Å²) in [5, 5.41) is 6.84. The summed E-state index contributed by atoms with van der Waals surface area (Å²) < 4.78 is 11.6. The van der Waals surface area contributed by atoms with Crippen molar-refractivity contribution < 1.29 is 19.1 Å². The molecule has 0 aliphatic heterocycles. The molecule has 0 aliphatic carbocycles. The van der Waals surface area contributed by atoms with Crippen LogP contribution in [0.1, 0.15) is 29.8 Å². The minimum Gasteiger partial charge on any atom is -0.490 e. The maximum atomic E-state index is 12.3. The first-order valence-corrected chi connectivity index (χ1v) is 10.4. The standard InChI is InChI=1S/C22H21BrClN3O4/c1-4-10-31-20-18(24)11-15(12-19(20)30-5-2)13-25-27-21(28)14(3)26-22(29)16-8-6-7-9-17(16)23/h1,6-9,11-14H,5,10H2,2-3H3,(H,26,29)(H,27,28). The number of hydrogen-bond acceptors (Lipinski definition) is 5. The van der Waals surface area contributed by atoms with Gasteiger partial charge in [-0.15, -0.1) is 6.42 Å². The average Bonchev–Trinajstić information content (AvgIpc) is 2.73. The Morgan fingerprint density at radius 1 is 1.32 bits per heavy atom. The van der Waals surface area contributed by atoms with E-state index in [-0.39, 0.29) is 12.5 Å². The van der Waals surface area contributed by atoms with Crippen molar-refractivity contribution in [2.75, 3.05) is 13.2 Å². The largest absolute Gasteiger partial charge is 0.490 e. The summed E-state index contributed by atoms with van der Waals surface area (Å²) in [7, 11) is 0. The van der Waals surface area contributed by atoms with Gasteiger partial charge in [0.05, 0.1) is 23.4 Å². The number of hydrazone groups is 1. The summed E-state index contributed by atoms with van der Waals surface area (Å²) in [6, 6.07) is 9.38. The molecule has 0 fully saturated rings. The molecule has 1 unspecified atom stereocenters. The highest BCUT2D eigenvalue weighted by Crippen LogP contribution is 2.36. The van der Waals surface area contributed by atoms with Crippen LogP contribution in [-0.4, -0.2) is 37.3 Å². The van der Waals surface area contributed by atoms with Gasteiger partial charge in [0.1, 0.15) is 12.6 Å². The molecule has 162 valence electrons. The third-order valence-corrected chi connectivity index (χ3v) is 4.85. The van der Waals surface area contributed by atoms with Gasteiger partial charge in [0.25, 0.3) is 11.8 Å². The van der Waals surface area contributed by atoms with Crippen molar-refractivity contribution in [2.45, 2.75) is 19.9 Å². The Labute approximate surface area is 194 Å². The number of nitrogens with zero attached hydrogens (tertiary/aromatic N) is 1. The number of nitrogens with one attached hydrogen (secondary N) is 2. The van der Waals surface area contributed by atoms with Crippen LogP contribution in [0.5, 0.6) is 11.5 Å². The summed E-state index contributed by atoms with van der Waals surface area (Å²) >= 11 is 9.56. The molecule has 0 heterocycles. The molecule has 0 aromatic heterocycles. The highest BCUT2D eigenvalue weighted by Gasteiger charge is 2.17. The fraction of sp³-hybridized carbons (Fsp3) is 0.227. The predicted octanol–water partition coefficient (Wildman–Crippen LogP) is 3.78. The van der Waals surface area contributed by atoms with Crippen molar-refractivity contribution in [2.24, 2.45) is 5.10 Å². The third-order valence-electron chi connectivity index (χ3n) is 3.88. The summed E-state index contributed by atoms with van der Waals surface area (Å²) in [5.74, 6) is 2.25. The summed E-state index contributed by atoms with van der Waals surface area (Å²) in [6.07, 6.45) is 6.62. The number of carbonyl (C=O) groups excluding carboxylic acids is 2. The molecule has 1 atom stereocenters. The van der Waals surface area contributed by atoms with Gasteiger partial charge in [-0.05, 0) is 59.6 Å². The molecule has 2 aromatic rings. The first-order chi connectivity index (χ1) is 14.9. The molecule has 0 saturated heterocycles. The van der Waals surface area contributed by atoms with E-state index in [9.17, 15) is 9.59 Å². The molecule has 2 rings (SSSR count). The molecule has 9 heteroatoms. The first-order valence-electron chi connectivity index (χ1n) is 9.28. The topological polar surface area (TPSA) is 89.0 Å². The molecule has 2 aromatic carbocycles. The van der Waals surface area contributed by atoms with E-state index >= 15 is 0 Å². The van der Waals surface area contributed by atoms with E-state index in [1.165, 1.54) is 6.21 Å². The van der Waals surface area contributed by atoms with Gasteiger partial charge in [-0.3, -0.25) is 9.59 Å². The second kappa shape index (κ2) is 12.0. The number of benzene rings is 2. The van der Waals surface area contributed by atoms with Crippen molar-refractivity contribution >= 4 is 45.6 Å². The quantitative estimate of drug-likeness (QED) is 0.308. The highest BCUT2D eigenvalue weighted by atomic mass is 79.9. The van der Waals surface area contributed by atoms with Crippen molar-refractivity contribution in [1.82, 2.24) is 10.7 Å². The van der Waals surface area contributed by atoms with Gasteiger partial charge in [0.2, 0.25) is 0 Å². The number of amides is 2. The van der Waals surface area contributed by atoms with Crippen LogP contribution in [0.15, 0.2) is 46.0 Å². The molecular formula is C22H21BrClN3O4. The van der Waals surface area contributed by atoms with Crippen molar-refractivity contribution in [3.8, 4) is 23.8 Å². The first kappa shape index (κ1) is 24.3. The molecule has 7 nitrogen and oxygen atoms in total. The van der Waals surface area contributed by atoms with Crippen molar-refractivity contribution in [3.05, 3.63) is 57.0 Å². The number of rotatable bonds is 9. The molecule has 0 saturated carbocycles. The minimum absolute atomic E-state index is 0.0481. The van der Waals surface area contributed by atoms with Crippen LogP contribution in [0.25, 0.3) is 0 Å². The van der Waals surface area contributed by atoms with Crippen LogP contribution < -0.4 is 20.2 Å². The number of carbonyl (C=O) groups is 2. The van der Waals surface area contributed by atoms with Gasteiger partial charge in [0, 0.05) is 4.47 Å². The molecule has 2 N–H and O–H groups in total. The zero-order valence-electron chi connectivity index (χ0n) is 16.9. The number of terminal acetylenes is 1. The normalized spacial score (nSPS) is 11.5. The van der Waals surface area contributed by atoms with E-state index < -0.39 is 11.9 Å². The lowest BCUT2D eigenvalue weighted by Crippen LogP contribution is -2.43. The van der Waals surface area contributed by atoms with Crippen LogP contribution in [-0.2, 0) is 4.79 Å². The van der Waals surface area contributed by atoms with Crippen molar-refractivity contribution in [3.63, 3.8) is 0 Å². The molecule has 0 spiro atoms. The molecule has 0 radical (unpaired) electrons. The minimum atomic E-state index is -0.807. The molecule has 0 bridgehead atoms. The molecule has 31 heavy (non-hydrogen) atoms. The van der Waals surface area contributed by atoms with Gasteiger partial charge < -0.3 is 14.8 Å². The van der Waals surface area contributed by atoms with Crippen molar-refractivity contribution in [1.29, 1.82) is 0 Å². The Bertz CT molecular complexity index is 1020. The van der Waals surface area contributed by atoms with E-state index in [0.717, 1.165) is 0 Å². The maximum absolute atomic E-state index is 12.3.